The lowest BCUT2D eigenvalue weighted by Crippen LogP contribution is -2.39. The van der Waals surface area contributed by atoms with E-state index in [0.717, 1.165) is 4.90 Å². The molecule has 1 amide bonds. The van der Waals surface area contributed by atoms with Gasteiger partial charge >= 0.3 is 6.18 Å². The summed E-state index contributed by atoms with van der Waals surface area (Å²) in [6, 6.07) is 4.64. The standard InChI is InChI=1S/C12H16F3N3O/c1-3-16-10-7-5-6-9(17-10)11(19)18(4-2)8-12(13,14)15/h5-7H,3-4,8H2,1-2H3,(H,16,17). The van der Waals surface area contributed by atoms with E-state index in [9.17, 15) is 18.0 Å². The Kier molecular flexibility index (Phi) is 5.14. The van der Waals surface area contributed by atoms with Gasteiger partial charge in [-0.05, 0) is 26.0 Å². The maximum absolute atomic E-state index is 12.3. The Hall–Kier alpha value is -1.79. The van der Waals surface area contributed by atoms with E-state index in [-0.39, 0.29) is 12.2 Å². The average molecular weight is 275 g/mol. The first-order valence-electron chi connectivity index (χ1n) is 5.94. The number of pyridine rings is 1. The number of amides is 1. The van der Waals surface area contributed by atoms with Crippen molar-refractivity contribution >= 4 is 11.7 Å². The van der Waals surface area contributed by atoms with Gasteiger partial charge in [0.2, 0.25) is 0 Å². The summed E-state index contributed by atoms with van der Waals surface area (Å²) in [5, 5.41) is 2.90. The summed E-state index contributed by atoms with van der Waals surface area (Å²) in [6.07, 6.45) is -4.41. The molecule has 1 heterocycles. The van der Waals surface area contributed by atoms with E-state index in [1.165, 1.54) is 13.0 Å². The summed E-state index contributed by atoms with van der Waals surface area (Å²) in [6.45, 7) is 2.68. The third-order valence-electron chi connectivity index (χ3n) is 2.37. The van der Waals surface area contributed by atoms with Crippen molar-refractivity contribution in [3.8, 4) is 0 Å². The van der Waals surface area contributed by atoms with Gasteiger partial charge in [-0.3, -0.25) is 4.79 Å². The highest BCUT2D eigenvalue weighted by atomic mass is 19.4. The molecule has 19 heavy (non-hydrogen) atoms. The number of nitrogens with one attached hydrogen (secondary N) is 1. The van der Waals surface area contributed by atoms with Crippen LogP contribution in [0.2, 0.25) is 0 Å². The Morgan fingerprint density at radius 3 is 2.58 bits per heavy atom. The van der Waals surface area contributed by atoms with E-state index in [4.69, 9.17) is 0 Å². The van der Waals surface area contributed by atoms with Gasteiger partial charge in [0.05, 0.1) is 0 Å². The van der Waals surface area contributed by atoms with Crippen molar-refractivity contribution in [3.05, 3.63) is 23.9 Å². The fourth-order valence-electron chi connectivity index (χ4n) is 1.54. The molecule has 0 saturated carbocycles. The van der Waals surface area contributed by atoms with E-state index in [1.54, 1.807) is 12.1 Å². The van der Waals surface area contributed by atoms with Gasteiger partial charge in [0.1, 0.15) is 18.1 Å². The lowest BCUT2D eigenvalue weighted by Gasteiger charge is -2.22. The van der Waals surface area contributed by atoms with Crippen LogP contribution in [0.15, 0.2) is 18.2 Å². The second-order valence-electron chi connectivity index (χ2n) is 3.87. The minimum absolute atomic E-state index is 0.00421. The number of aromatic nitrogens is 1. The van der Waals surface area contributed by atoms with Crippen LogP contribution in [0.1, 0.15) is 24.3 Å². The molecule has 4 nitrogen and oxygen atoms in total. The summed E-state index contributed by atoms with van der Waals surface area (Å²) < 4.78 is 37.0. The van der Waals surface area contributed by atoms with Crippen LogP contribution < -0.4 is 5.32 Å². The van der Waals surface area contributed by atoms with Gasteiger partial charge in [-0.15, -0.1) is 0 Å². The van der Waals surface area contributed by atoms with Crippen molar-refractivity contribution in [2.75, 3.05) is 25.0 Å². The molecule has 0 aromatic carbocycles. The zero-order valence-electron chi connectivity index (χ0n) is 10.8. The minimum Gasteiger partial charge on any atom is -0.370 e. The minimum atomic E-state index is -4.41. The Balaban J connectivity index is 2.88. The van der Waals surface area contributed by atoms with Gasteiger partial charge in [0, 0.05) is 13.1 Å². The van der Waals surface area contributed by atoms with Gasteiger partial charge in [0.25, 0.3) is 5.91 Å². The van der Waals surface area contributed by atoms with Gasteiger partial charge in [-0.2, -0.15) is 13.2 Å². The molecule has 0 fully saturated rings. The van der Waals surface area contributed by atoms with E-state index >= 15 is 0 Å². The summed E-state index contributed by atoms with van der Waals surface area (Å²) in [4.78, 5) is 16.7. The highest BCUT2D eigenvalue weighted by Gasteiger charge is 2.32. The smallest absolute Gasteiger partial charge is 0.370 e. The normalized spacial score (nSPS) is 11.2. The third kappa shape index (κ3) is 4.76. The predicted molar refractivity (Wildman–Crippen MR) is 66.0 cm³/mol. The van der Waals surface area contributed by atoms with E-state index < -0.39 is 18.6 Å². The van der Waals surface area contributed by atoms with Crippen molar-refractivity contribution < 1.29 is 18.0 Å². The largest absolute Gasteiger partial charge is 0.406 e. The number of halogens is 3. The first kappa shape index (κ1) is 15.3. The molecule has 106 valence electrons. The molecular weight excluding hydrogens is 259 g/mol. The number of carbonyl (C=O) groups excluding carboxylic acids is 1. The molecule has 0 aliphatic rings. The Morgan fingerprint density at radius 1 is 1.37 bits per heavy atom. The maximum atomic E-state index is 12.3. The highest BCUT2D eigenvalue weighted by molar-refractivity contribution is 5.92. The second kappa shape index (κ2) is 6.40. The Bertz CT molecular complexity index is 434. The molecule has 0 atom stereocenters. The zero-order chi connectivity index (χ0) is 14.5. The average Bonchev–Trinajstić information content (AvgIpc) is 2.35. The first-order chi connectivity index (χ1) is 8.87. The Morgan fingerprint density at radius 2 is 2.05 bits per heavy atom. The third-order valence-corrected chi connectivity index (χ3v) is 2.37. The molecule has 0 aliphatic heterocycles. The van der Waals surface area contributed by atoms with Gasteiger partial charge in [-0.25, -0.2) is 4.98 Å². The van der Waals surface area contributed by atoms with Crippen LogP contribution in [-0.2, 0) is 0 Å². The lowest BCUT2D eigenvalue weighted by molar-refractivity contribution is -0.140. The molecule has 0 saturated heterocycles. The summed E-state index contributed by atoms with van der Waals surface area (Å²) in [5.41, 5.74) is 0.00421. The van der Waals surface area contributed by atoms with Crippen molar-refractivity contribution in [2.24, 2.45) is 0 Å². The Labute approximate surface area is 109 Å². The summed E-state index contributed by atoms with van der Waals surface area (Å²) in [5.74, 6) is -0.254. The van der Waals surface area contributed by atoms with Crippen LogP contribution in [0, 0.1) is 0 Å². The SMILES string of the molecule is CCNc1cccc(C(=O)N(CC)CC(F)(F)F)n1. The van der Waals surface area contributed by atoms with E-state index in [1.807, 2.05) is 6.92 Å². The van der Waals surface area contributed by atoms with Gasteiger partial charge in [-0.1, -0.05) is 6.07 Å². The van der Waals surface area contributed by atoms with Crippen LogP contribution in [0.3, 0.4) is 0 Å². The molecular formula is C12H16F3N3O. The molecule has 1 aromatic rings. The van der Waals surface area contributed by atoms with Crippen LogP contribution in [0.4, 0.5) is 19.0 Å². The van der Waals surface area contributed by atoms with Crippen molar-refractivity contribution in [2.45, 2.75) is 20.0 Å². The van der Waals surface area contributed by atoms with Crippen LogP contribution >= 0.6 is 0 Å². The molecule has 7 heteroatoms. The van der Waals surface area contributed by atoms with Crippen molar-refractivity contribution in [3.63, 3.8) is 0 Å². The van der Waals surface area contributed by atoms with Crippen molar-refractivity contribution in [1.29, 1.82) is 0 Å². The van der Waals surface area contributed by atoms with Gasteiger partial charge in [0.15, 0.2) is 0 Å². The van der Waals surface area contributed by atoms with Crippen LogP contribution in [0.5, 0.6) is 0 Å². The molecule has 0 unspecified atom stereocenters. The molecule has 1 aromatic heterocycles. The molecule has 0 spiro atoms. The second-order valence-corrected chi connectivity index (χ2v) is 3.87. The summed E-state index contributed by atoms with van der Waals surface area (Å²) in [7, 11) is 0. The fourth-order valence-corrected chi connectivity index (χ4v) is 1.54. The number of hydrogen-bond donors (Lipinski definition) is 1. The molecule has 0 radical (unpaired) electrons. The number of rotatable bonds is 5. The fraction of sp³-hybridized carbons (Fsp3) is 0.500. The molecule has 1 N–H and O–H groups in total. The lowest BCUT2D eigenvalue weighted by atomic mass is 10.3. The number of alkyl halides is 3. The summed E-state index contributed by atoms with van der Waals surface area (Å²) >= 11 is 0. The molecule has 1 rings (SSSR count). The monoisotopic (exact) mass is 275 g/mol. The quantitative estimate of drug-likeness (QED) is 0.898. The first-order valence-corrected chi connectivity index (χ1v) is 5.94. The topological polar surface area (TPSA) is 45.2 Å². The number of hydrogen-bond acceptors (Lipinski definition) is 3. The highest BCUT2D eigenvalue weighted by Crippen LogP contribution is 2.18. The maximum Gasteiger partial charge on any atom is 0.406 e. The predicted octanol–water partition coefficient (Wildman–Crippen LogP) is 2.54. The number of carbonyl (C=O) groups is 1. The van der Waals surface area contributed by atoms with Gasteiger partial charge < -0.3 is 10.2 Å². The number of nitrogens with zero attached hydrogens (tertiary/aromatic N) is 2. The molecule has 0 bridgehead atoms. The number of anilines is 1. The van der Waals surface area contributed by atoms with E-state index in [0.29, 0.717) is 12.4 Å². The van der Waals surface area contributed by atoms with Crippen LogP contribution in [-0.4, -0.2) is 41.6 Å². The van der Waals surface area contributed by atoms with Crippen molar-refractivity contribution in [1.82, 2.24) is 9.88 Å². The van der Waals surface area contributed by atoms with Crippen LogP contribution in [0.25, 0.3) is 0 Å². The molecule has 0 aliphatic carbocycles. The van der Waals surface area contributed by atoms with E-state index in [2.05, 4.69) is 10.3 Å². The zero-order valence-corrected chi connectivity index (χ0v) is 10.8.